The van der Waals surface area contributed by atoms with Crippen LogP contribution in [-0.2, 0) is 6.42 Å². The first-order valence-corrected chi connectivity index (χ1v) is 6.43. The summed E-state index contributed by atoms with van der Waals surface area (Å²) in [6, 6.07) is 6.04. The van der Waals surface area contributed by atoms with Crippen molar-refractivity contribution in [2.75, 3.05) is 6.54 Å². The minimum atomic E-state index is -0.186. The van der Waals surface area contributed by atoms with Crippen LogP contribution in [-0.4, -0.2) is 26.7 Å². The van der Waals surface area contributed by atoms with Crippen LogP contribution in [0.1, 0.15) is 24.4 Å². The Hall–Kier alpha value is -2.41. The van der Waals surface area contributed by atoms with Crippen molar-refractivity contribution < 1.29 is 4.52 Å². The van der Waals surface area contributed by atoms with E-state index in [1.807, 2.05) is 18.2 Å². The maximum absolute atomic E-state index is 11.2. The van der Waals surface area contributed by atoms with E-state index in [-0.39, 0.29) is 11.7 Å². The lowest BCUT2D eigenvalue weighted by Gasteiger charge is -2.13. The van der Waals surface area contributed by atoms with Gasteiger partial charge in [0.05, 0.1) is 11.0 Å². The molecule has 0 aliphatic heterocycles. The van der Waals surface area contributed by atoms with E-state index in [1.165, 1.54) is 6.33 Å². The zero-order chi connectivity index (χ0) is 13.9. The number of hydrogen-bond donors (Lipinski definition) is 3. The standard InChI is InChI=1S/C13H15N5O2/c1-8(14-5-4-12-15-7-16-20-12)9-2-3-10-11(6-9)18-13(19)17-10/h2-3,6-8,14H,4-5H2,1H3,(H2,17,18,19). The lowest BCUT2D eigenvalue weighted by molar-refractivity contribution is 0.372. The maximum Gasteiger partial charge on any atom is 0.323 e. The molecule has 2 heterocycles. The quantitative estimate of drug-likeness (QED) is 0.647. The van der Waals surface area contributed by atoms with E-state index in [0.29, 0.717) is 12.3 Å². The highest BCUT2D eigenvalue weighted by Gasteiger charge is 2.07. The summed E-state index contributed by atoms with van der Waals surface area (Å²) < 4.78 is 4.94. The lowest BCUT2D eigenvalue weighted by Crippen LogP contribution is -2.21. The SMILES string of the molecule is CC(NCCc1ncno1)c1ccc2[nH]c(=O)[nH]c2c1. The fourth-order valence-corrected chi connectivity index (χ4v) is 2.14. The van der Waals surface area contributed by atoms with E-state index in [2.05, 4.69) is 32.3 Å². The first kappa shape index (κ1) is 12.6. The number of hydrogen-bond acceptors (Lipinski definition) is 5. The molecule has 2 aromatic heterocycles. The van der Waals surface area contributed by atoms with Gasteiger partial charge in [-0.2, -0.15) is 4.98 Å². The molecule has 0 spiro atoms. The van der Waals surface area contributed by atoms with Crippen LogP contribution >= 0.6 is 0 Å². The Morgan fingerprint density at radius 3 is 3.00 bits per heavy atom. The van der Waals surface area contributed by atoms with Gasteiger partial charge in [0, 0.05) is 19.0 Å². The van der Waals surface area contributed by atoms with Gasteiger partial charge in [0.2, 0.25) is 5.89 Å². The van der Waals surface area contributed by atoms with Gasteiger partial charge in [0.15, 0.2) is 6.33 Å². The van der Waals surface area contributed by atoms with Gasteiger partial charge in [-0.15, -0.1) is 0 Å². The normalized spacial score (nSPS) is 12.8. The molecule has 7 heteroatoms. The number of benzene rings is 1. The molecule has 3 N–H and O–H groups in total. The second kappa shape index (κ2) is 5.30. The van der Waals surface area contributed by atoms with Crippen LogP contribution in [0.15, 0.2) is 33.8 Å². The third kappa shape index (κ3) is 2.62. The summed E-state index contributed by atoms with van der Waals surface area (Å²) in [6.45, 7) is 2.81. The summed E-state index contributed by atoms with van der Waals surface area (Å²) >= 11 is 0. The Morgan fingerprint density at radius 2 is 2.20 bits per heavy atom. The molecule has 0 saturated heterocycles. The van der Waals surface area contributed by atoms with Crippen LogP contribution < -0.4 is 11.0 Å². The van der Waals surface area contributed by atoms with Crippen molar-refractivity contribution in [3.8, 4) is 0 Å². The second-order valence-electron chi connectivity index (χ2n) is 4.64. The van der Waals surface area contributed by atoms with E-state index in [4.69, 9.17) is 4.52 Å². The highest BCUT2D eigenvalue weighted by Crippen LogP contribution is 2.16. The Labute approximate surface area is 114 Å². The molecule has 7 nitrogen and oxygen atoms in total. The van der Waals surface area contributed by atoms with Gasteiger partial charge in [-0.3, -0.25) is 0 Å². The van der Waals surface area contributed by atoms with Crippen molar-refractivity contribution in [3.63, 3.8) is 0 Å². The van der Waals surface area contributed by atoms with Crippen LogP contribution in [0.3, 0.4) is 0 Å². The fraction of sp³-hybridized carbons (Fsp3) is 0.308. The molecule has 20 heavy (non-hydrogen) atoms. The number of nitrogens with one attached hydrogen (secondary N) is 3. The highest BCUT2D eigenvalue weighted by atomic mass is 16.5. The topological polar surface area (TPSA) is 99.6 Å². The van der Waals surface area contributed by atoms with Crippen LogP contribution in [0.5, 0.6) is 0 Å². The fourth-order valence-electron chi connectivity index (χ4n) is 2.14. The Bertz CT molecular complexity index is 744. The van der Waals surface area contributed by atoms with Crippen molar-refractivity contribution in [3.05, 3.63) is 46.5 Å². The molecule has 0 radical (unpaired) electrons. The zero-order valence-corrected chi connectivity index (χ0v) is 11.0. The number of aromatic amines is 2. The van der Waals surface area contributed by atoms with E-state index in [0.717, 1.165) is 23.1 Å². The van der Waals surface area contributed by atoms with Crippen LogP contribution in [0, 0.1) is 0 Å². The molecule has 1 aromatic carbocycles. The second-order valence-corrected chi connectivity index (χ2v) is 4.64. The molecule has 0 fully saturated rings. The molecule has 1 unspecified atom stereocenters. The third-order valence-electron chi connectivity index (χ3n) is 3.24. The summed E-state index contributed by atoms with van der Waals surface area (Å²) in [4.78, 5) is 20.7. The van der Waals surface area contributed by atoms with Crippen LogP contribution in [0.25, 0.3) is 11.0 Å². The molecular formula is C13H15N5O2. The van der Waals surface area contributed by atoms with Gasteiger partial charge in [-0.25, -0.2) is 4.79 Å². The van der Waals surface area contributed by atoms with Crippen molar-refractivity contribution in [1.29, 1.82) is 0 Å². The predicted octanol–water partition coefficient (Wildman–Crippen LogP) is 1.13. The molecule has 0 saturated carbocycles. The Balaban J connectivity index is 1.65. The van der Waals surface area contributed by atoms with E-state index < -0.39 is 0 Å². The van der Waals surface area contributed by atoms with Gasteiger partial charge in [0.1, 0.15) is 0 Å². The average Bonchev–Trinajstić information content (AvgIpc) is 3.05. The summed E-state index contributed by atoms with van der Waals surface area (Å²) in [5.74, 6) is 0.620. The molecule has 104 valence electrons. The van der Waals surface area contributed by atoms with Gasteiger partial charge in [-0.1, -0.05) is 11.2 Å². The van der Waals surface area contributed by atoms with E-state index >= 15 is 0 Å². The van der Waals surface area contributed by atoms with Crippen molar-refractivity contribution >= 4 is 11.0 Å². The number of H-pyrrole nitrogens is 2. The summed E-state index contributed by atoms with van der Waals surface area (Å²) in [6.07, 6.45) is 2.09. The number of rotatable bonds is 5. The number of aromatic nitrogens is 4. The zero-order valence-electron chi connectivity index (χ0n) is 11.0. The maximum atomic E-state index is 11.2. The van der Waals surface area contributed by atoms with Crippen LogP contribution in [0.2, 0.25) is 0 Å². The smallest absolute Gasteiger partial charge is 0.323 e. The number of imidazole rings is 1. The third-order valence-corrected chi connectivity index (χ3v) is 3.24. The largest absolute Gasteiger partial charge is 0.340 e. The first-order chi connectivity index (χ1) is 9.72. The summed E-state index contributed by atoms with van der Waals surface area (Å²) in [5, 5.41) is 6.94. The average molecular weight is 273 g/mol. The molecule has 0 aliphatic rings. The highest BCUT2D eigenvalue weighted by molar-refractivity contribution is 5.75. The number of nitrogens with zero attached hydrogens (tertiary/aromatic N) is 2. The molecule has 3 rings (SSSR count). The van der Waals surface area contributed by atoms with Gasteiger partial charge < -0.3 is 19.8 Å². The van der Waals surface area contributed by atoms with Gasteiger partial charge in [-0.05, 0) is 24.6 Å². The molecule has 0 bridgehead atoms. The van der Waals surface area contributed by atoms with Crippen molar-refractivity contribution in [1.82, 2.24) is 25.4 Å². The summed E-state index contributed by atoms with van der Waals surface area (Å²) in [5.41, 5.74) is 2.56. The van der Waals surface area contributed by atoms with Gasteiger partial charge >= 0.3 is 5.69 Å². The Kier molecular flexibility index (Phi) is 3.34. The van der Waals surface area contributed by atoms with Gasteiger partial charge in [0.25, 0.3) is 0 Å². The molecule has 0 aliphatic carbocycles. The minimum Gasteiger partial charge on any atom is -0.340 e. The molecule has 1 atom stereocenters. The Morgan fingerprint density at radius 1 is 1.35 bits per heavy atom. The monoisotopic (exact) mass is 273 g/mol. The van der Waals surface area contributed by atoms with Crippen molar-refractivity contribution in [2.45, 2.75) is 19.4 Å². The first-order valence-electron chi connectivity index (χ1n) is 6.43. The molecular weight excluding hydrogens is 258 g/mol. The van der Waals surface area contributed by atoms with Crippen LogP contribution in [0.4, 0.5) is 0 Å². The summed E-state index contributed by atoms with van der Waals surface area (Å²) in [7, 11) is 0. The van der Waals surface area contributed by atoms with Crippen molar-refractivity contribution in [2.24, 2.45) is 0 Å². The predicted molar refractivity (Wildman–Crippen MR) is 73.3 cm³/mol. The van der Waals surface area contributed by atoms with E-state index in [9.17, 15) is 4.79 Å². The number of fused-ring (bicyclic) bond motifs is 1. The molecule has 0 amide bonds. The lowest BCUT2D eigenvalue weighted by atomic mass is 10.1. The minimum absolute atomic E-state index is 0.167. The molecule has 3 aromatic rings. The van der Waals surface area contributed by atoms with E-state index in [1.54, 1.807) is 0 Å².